The first-order valence-corrected chi connectivity index (χ1v) is 14.0. The molecule has 2 aromatic carbocycles. The molecule has 0 bridgehead atoms. The smallest absolute Gasteiger partial charge is 0.414 e. The average Bonchev–Trinajstić information content (AvgIpc) is 3.36. The summed E-state index contributed by atoms with van der Waals surface area (Å²) in [4.78, 5) is 41.1. The number of aromatic carboxylic acids is 1. The van der Waals surface area contributed by atoms with Gasteiger partial charge in [-0.2, -0.15) is 0 Å². The zero-order chi connectivity index (χ0) is 31.0. The number of carbonyl (C=O) groups excluding carboxylic acids is 1. The van der Waals surface area contributed by atoms with Crippen LogP contribution in [0.3, 0.4) is 0 Å². The number of piperazine rings is 1. The van der Waals surface area contributed by atoms with E-state index in [0.29, 0.717) is 17.3 Å². The van der Waals surface area contributed by atoms with Crippen molar-refractivity contribution in [3.63, 3.8) is 0 Å². The first-order valence-electron chi connectivity index (χ1n) is 13.6. The van der Waals surface area contributed by atoms with Crippen LogP contribution in [0.4, 0.5) is 35.0 Å². The quantitative estimate of drug-likeness (QED) is 0.341. The summed E-state index contributed by atoms with van der Waals surface area (Å²) in [6.45, 7) is 3.07. The molecule has 2 aliphatic heterocycles. The second-order valence-electron chi connectivity index (χ2n) is 10.1. The maximum absolute atomic E-state index is 15.8. The van der Waals surface area contributed by atoms with Gasteiger partial charge in [-0.25, -0.2) is 22.8 Å². The minimum Gasteiger partial charge on any atom is -0.477 e. The average molecular weight is 619 g/mol. The van der Waals surface area contributed by atoms with E-state index in [1.165, 1.54) is 20.4 Å². The van der Waals surface area contributed by atoms with Crippen LogP contribution < -0.4 is 30.8 Å². The molecule has 0 aliphatic carbocycles. The number of thiocarbonyl (C=S) groups is 1. The van der Waals surface area contributed by atoms with Gasteiger partial charge in [0.25, 0.3) is 0 Å². The molecule has 1 aromatic heterocycles. The van der Waals surface area contributed by atoms with Gasteiger partial charge in [-0.05, 0) is 43.4 Å². The highest BCUT2D eigenvalue weighted by molar-refractivity contribution is 7.80. The summed E-state index contributed by atoms with van der Waals surface area (Å²) in [7, 11) is 1.66. The number of aromatic nitrogens is 1. The number of pyridine rings is 1. The summed E-state index contributed by atoms with van der Waals surface area (Å²) in [5.74, 6) is -4.01. The van der Waals surface area contributed by atoms with E-state index in [2.05, 4.69) is 10.6 Å². The van der Waals surface area contributed by atoms with Crippen LogP contribution in [0.5, 0.6) is 0 Å². The molecule has 3 aromatic rings. The maximum Gasteiger partial charge on any atom is 0.414 e. The fourth-order valence-corrected chi connectivity index (χ4v) is 5.48. The first kappa shape index (κ1) is 29.9. The van der Waals surface area contributed by atoms with Gasteiger partial charge in [-0.15, -0.1) is 0 Å². The highest BCUT2D eigenvalue weighted by atomic mass is 32.1. The molecular formula is C28H29F3N6O5S. The fraction of sp³-hybridized carbons (Fsp3) is 0.357. The number of ether oxygens (including phenoxy) is 1. The van der Waals surface area contributed by atoms with Crippen molar-refractivity contribution in [1.29, 1.82) is 0 Å². The zero-order valence-electron chi connectivity index (χ0n) is 23.3. The van der Waals surface area contributed by atoms with Crippen molar-refractivity contribution in [2.24, 2.45) is 0 Å². The number of aryl methyl sites for hydroxylation is 1. The van der Waals surface area contributed by atoms with Gasteiger partial charge in [-0.3, -0.25) is 9.69 Å². The van der Waals surface area contributed by atoms with Crippen LogP contribution in [0.2, 0.25) is 0 Å². The Balaban J connectivity index is 1.32. The van der Waals surface area contributed by atoms with Crippen LogP contribution in [0.25, 0.3) is 10.9 Å². The Morgan fingerprint density at radius 1 is 1.09 bits per heavy atom. The molecule has 228 valence electrons. The lowest BCUT2D eigenvalue weighted by molar-refractivity contribution is 0.0694. The Morgan fingerprint density at radius 2 is 1.79 bits per heavy atom. The number of rotatable bonds is 7. The van der Waals surface area contributed by atoms with Crippen molar-refractivity contribution in [2.45, 2.75) is 19.6 Å². The highest BCUT2D eigenvalue weighted by Gasteiger charge is 2.33. The van der Waals surface area contributed by atoms with Gasteiger partial charge in [-0.1, -0.05) is 0 Å². The number of nitrogens with zero attached hydrogens (tertiary/aromatic N) is 4. The molecule has 3 heterocycles. The largest absolute Gasteiger partial charge is 0.477 e. The van der Waals surface area contributed by atoms with Crippen molar-refractivity contribution in [3.05, 3.63) is 63.7 Å². The summed E-state index contributed by atoms with van der Waals surface area (Å²) in [5, 5.41) is 15.1. The zero-order valence-corrected chi connectivity index (χ0v) is 24.1. The molecule has 1 amide bonds. The van der Waals surface area contributed by atoms with Crippen molar-refractivity contribution in [3.8, 4) is 0 Å². The van der Waals surface area contributed by atoms with Gasteiger partial charge in [0.15, 0.2) is 10.9 Å². The van der Waals surface area contributed by atoms with Gasteiger partial charge in [0, 0.05) is 46.0 Å². The van der Waals surface area contributed by atoms with Gasteiger partial charge in [0.2, 0.25) is 5.43 Å². The van der Waals surface area contributed by atoms with Crippen molar-refractivity contribution in [2.75, 3.05) is 61.0 Å². The Hall–Kier alpha value is -4.53. The number of anilines is 3. The normalized spacial score (nSPS) is 16.9. The molecule has 1 atom stereocenters. The number of hydrogen-bond acceptors (Lipinski definition) is 7. The maximum atomic E-state index is 15.8. The molecule has 0 radical (unpaired) electrons. The number of benzene rings is 2. The summed E-state index contributed by atoms with van der Waals surface area (Å²) in [5.41, 5.74) is -1.45. The number of nitrogens with one attached hydrogen (secondary N) is 2. The van der Waals surface area contributed by atoms with Crippen LogP contribution in [0.1, 0.15) is 17.3 Å². The Labute approximate surface area is 249 Å². The third-order valence-electron chi connectivity index (χ3n) is 7.57. The predicted molar refractivity (Wildman–Crippen MR) is 159 cm³/mol. The molecule has 43 heavy (non-hydrogen) atoms. The molecule has 0 spiro atoms. The van der Waals surface area contributed by atoms with Crippen LogP contribution in [0, 0.1) is 17.5 Å². The molecule has 2 fully saturated rings. The van der Waals surface area contributed by atoms with E-state index in [-0.39, 0.29) is 61.5 Å². The predicted octanol–water partition coefficient (Wildman–Crippen LogP) is 2.88. The van der Waals surface area contributed by atoms with Crippen molar-refractivity contribution >= 4 is 57.4 Å². The molecule has 2 aliphatic rings. The van der Waals surface area contributed by atoms with Gasteiger partial charge in [0.05, 0.1) is 35.4 Å². The van der Waals surface area contributed by atoms with E-state index in [4.69, 9.17) is 17.0 Å². The number of carboxylic acids is 1. The summed E-state index contributed by atoms with van der Waals surface area (Å²) in [6.07, 6.45) is -0.0212. The van der Waals surface area contributed by atoms with E-state index >= 15 is 13.2 Å². The van der Waals surface area contributed by atoms with Crippen LogP contribution >= 0.6 is 12.2 Å². The second-order valence-corrected chi connectivity index (χ2v) is 10.5. The first-order chi connectivity index (χ1) is 20.5. The number of carbonyl (C=O) groups is 2. The monoisotopic (exact) mass is 618 g/mol. The topological polar surface area (TPSA) is 119 Å². The lowest BCUT2D eigenvalue weighted by Crippen LogP contribution is -2.47. The summed E-state index contributed by atoms with van der Waals surface area (Å²) in [6, 6.07) is 5.28. The summed E-state index contributed by atoms with van der Waals surface area (Å²) < 4.78 is 52.9. The molecule has 2 saturated heterocycles. The van der Waals surface area contributed by atoms with Gasteiger partial charge < -0.3 is 34.8 Å². The van der Waals surface area contributed by atoms with Gasteiger partial charge >= 0.3 is 12.1 Å². The number of cyclic esters (lactones) is 1. The van der Waals surface area contributed by atoms with E-state index < -0.39 is 46.6 Å². The standard InChI is InChI=1S/C28H29F3N6O5S/c1-3-34-14-18(26(39)40)25(38)17-11-20(30)24(22(31)23(17)34)36-8-6-35(7-9-36)21-5-4-15(10-19(21)29)37-13-16(42-28(37)41)12-33-27(43)32-2/h4-5,10-11,14,16H,3,6-9,12-13H2,1-2H3,(H,39,40)(H2,32,33,43)/t16-/m0/s1. The third-order valence-corrected chi connectivity index (χ3v) is 7.92. The highest BCUT2D eigenvalue weighted by Crippen LogP contribution is 2.33. The second kappa shape index (κ2) is 12.0. The fourth-order valence-electron chi connectivity index (χ4n) is 5.39. The Kier molecular flexibility index (Phi) is 8.35. The van der Waals surface area contributed by atoms with Gasteiger partial charge in [0.1, 0.15) is 29.0 Å². The Morgan fingerprint density at radius 3 is 2.42 bits per heavy atom. The molecular weight excluding hydrogens is 589 g/mol. The third kappa shape index (κ3) is 5.63. The minimum absolute atomic E-state index is 0.145. The molecule has 11 nitrogen and oxygen atoms in total. The molecule has 15 heteroatoms. The number of fused-ring (bicyclic) bond motifs is 1. The van der Waals surface area contributed by atoms with E-state index in [0.717, 1.165) is 12.3 Å². The number of halogens is 3. The summed E-state index contributed by atoms with van der Waals surface area (Å²) >= 11 is 5.03. The lowest BCUT2D eigenvalue weighted by atomic mass is 10.1. The van der Waals surface area contributed by atoms with Crippen molar-refractivity contribution in [1.82, 2.24) is 15.2 Å². The van der Waals surface area contributed by atoms with Crippen LogP contribution in [-0.2, 0) is 11.3 Å². The number of hydrogen-bond donors (Lipinski definition) is 3. The lowest BCUT2D eigenvalue weighted by Gasteiger charge is -2.38. The van der Waals surface area contributed by atoms with E-state index in [1.54, 1.807) is 31.0 Å². The number of carboxylic acid groups (broad SMARTS) is 1. The molecule has 0 saturated carbocycles. The van der Waals surface area contributed by atoms with Crippen LogP contribution in [0.15, 0.2) is 35.3 Å². The van der Waals surface area contributed by atoms with E-state index in [9.17, 15) is 19.5 Å². The van der Waals surface area contributed by atoms with E-state index in [1.807, 2.05) is 0 Å². The number of amides is 1. The van der Waals surface area contributed by atoms with Crippen molar-refractivity contribution < 1.29 is 32.6 Å². The Bertz CT molecular complexity index is 1680. The molecule has 3 N–H and O–H groups in total. The molecule has 0 unspecified atom stereocenters. The SMILES string of the molecule is CCn1cc(C(=O)O)c(=O)c2cc(F)c(N3CCN(c4ccc(N5C[C@H](CNC(=S)NC)OC5=O)cc4F)CC3)c(F)c21. The van der Waals surface area contributed by atoms with Crippen LogP contribution in [-0.4, -0.2) is 79.3 Å². The minimum atomic E-state index is -1.48. The molecule has 5 rings (SSSR count).